The zero-order valence-electron chi connectivity index (χ0n) is 10.7. The summed E-state index contributed by atoms with van der Waals surface area (Å²) in [6, 6.07) is 5.30. The van der Waals surface area contributed by atoms with Gasteiger partial charge in [0.1, 0.15) is 5.75 Å². The molecule has 1 heterocycles. The molecule has 0 aliphatic rings. The maximum Gasteiger partial charge on any atom is 0.296 e. The fraction of sp³-hybridized carbons (Fsp3) is 0.273. The van der Waals surface area contributed by atoms with Gasteiger partial charge < -0.3 is 4.74 Å². The number of benzene rings is 1. The summed E-state index contributed by atoms with van der Waals surface area (Å²) in [7, 11) is 2.97. The van der Waals surface area contributed by atoms with Gasteiger partial charge in [-0.2, -0.15) is 0 Å². The SMILES string of the molecule is CCn1c(-c2ccc(OC)c(Br)c2)nnc1S(=O)(=O)Cl. The van der Waals surface area contributed by atoms with Gasteiger partial charge in [0.05, 0.1) is 11.6 Å². The highest BCUT2D eigenvalue weighted by Gasteiger charge is 2.22. The van der Waals surface area contributed by atoms with Crippen molar-refractivity contribution in [3.8, 4) is 17.1 Å². The average molecular weight is 381 g/mol. The predicted octanol–water partition coefficient (Wildman–Crippen LogP) is 2.66. The zero-order valence-corrected chi connectivity index (χ0v) is 13.8. The second-order valence-electron chi connectivity index (χ2n) is 3.84. The Morgan fingerprint density at radius 1 is 1.40 bits per heavy atom. The molecular weight excluding hydrogens is 370 g/mol. The molecule has 0 saturated heterocycles. The van der Waals surface area contributed by atoms with Crippen LogP contribution in [0.15, 0.2) is 27.8 Å². The summed E-state index contributed by atoms with van der Waals surface area (Å²) in [5.41, 5.74) is 0.707. The van der Waals surface area contributed by atoms with Crippen LogP contribution in [0.4, 0.5) is 0 Å². The molecule has 1 aromatic heterocycles. The molecule has 1 aromatic carbocycles. The number of halogens is 2. The molecule has 0 radical (unpaired) electrons. The maximum atomic E-state index is 11.4. The maximum absolute atomic E-state index is 11.4. The van der Waals surface area contributed by atoms with Gasteiger partial charge in [0.2, 0.25) is 0 Å². The Labute approximate surface area is 129 Å². The molecule has 0 bridgehead atoms. The summed E-state index contributed by atoms with van der Waals surface area (Å²) in [6.45, 7) is 2.17. The van der Waals surface area contributed by atoms with Crippen molar-refractivity contribution in [2.75, 3.05) is 7.11 Å². The van der Waals surface area contributed by atoms with Gasteiger partial charge in [0.25, 0.3) is 14.2 Å². The van der Waals surface area contributed by atoms with Crippen molar-refractivity contribution in [2.45, 2.75) is 18.6 Å². The van der Waals surface area contributed by atoms with Crippen molar-refractivity contribution in [2.24, 2.45) is 0 Å². The van der Waals surface area contributed by atoms with Crippen LogP contribution in [0, 0.1) is 0 Å². The quantitative estimate of drug-likeness (QED) is 0.762. The Bertz CT molecular complexity index is 745. The van der Waals surface area contributed by atoms with E-state index in [1.807, 2.05) is 0 Å². The highest BCUT2D eigenvalue weighted by Crippen LogP contribution is 2.30. The van der Waals surface area contributed by atoms with E-state index in [2.05, 4.69) is 26.1 Å². The lowest BCUT2D eigenvalue weighted by atomic mass is 10.2. The van der Waals surface area contributed by atoms with E-state index in [4.69, 9.17) is 15.4 Å². The molecule has 6 nitrogen and oxygen atoms in total. The van der Waals surface area contributed by atoms with Gasteiger partial charge in [-0.3, -0.25) is 4.57 Å². The minimum Gasteiger partial charge on any atom is -0.496 e. The van der Waals surface area contributed by atoms with E-state index in [0.29, 0.717) is 23.7 Å². The number of hydrogen-bond donors (Lipinski definition) is 0. The topological polar surface area (TPSA) is 74.1 Å². The molecule has 0 aliphatic carbocycles. The van der Waals surface area contributed by atoms with Gasteiger partial charge in [-0.05, 0) is 41.1 Å². The summed E-state index contributed by atoms with van der Waals surface area (Å²) < 4.78 is 30.2. The van der Waals surface area contributed by atoms with Gasteiger partial charge in [-0.25, -0.2) is 8.42 Å². The lowest BCUT2D eigenvalue weighted by Gasteiger charge is -2.08. The molecule has 2 aromatic rings. The zero-order chi connectivity index (χ0) is 14.9. The first kappa shape index (κ1) is 15.3. The van der Waals surface area contributed by atoms with Crippen LogP contribution in [0.5, 0.6) is 5.75 Å². The fourth-order valence-electron chi connectivity index (χ4n) is 1.77. The van der Waals surface area contributed by atoms with Crippen molar-refractivity contribution in [3.63, 3.8) is 0 Å². The molecule has 0 unspecified atom stereocenters. The van der Waals surface area contributed by atoms with Crippen LogP contribution in [0.2, 0.25) is 0 Å². The van der Waals surface area contributed by atoms with E-state index in [0.717, 1.165) is 4.47 Å². The van der Waals surface area contributed by atoms with Gasteiger partial charge in [-0.1, -0.05) is 0 Å². The van der Waals surface area contributed by atoms with Crippen molar-refractivity contribution in [1.29, 1.82) is 0 Å². The summed E-state index contributed by atoms with van der Waals surface area (Å²) in [4.78, 5) is 0. The summed E-state index contributed by atoms with van der Waals surface area (Å²) >= 11 is 3.37. The van der Waals surface area contributed by atoms with Gasteiger partial charge >= 0.3 is 0 Å². The highest BCUT2D eigenvalue weighted by molar-refractivity contribution is 9.10. The van der Waals surface area contributed by atoms with Crippen LogP contribution < -0.4 is 4.74 Å². The van der Waals surface area contributed by atoms with Crippen LogP contribution in [-0.4, -0.2) is 30.3 Å². The monoisotopic (exact) mass is 379 g/mol. The van der Waals surface area contributed by atoms with E-state index in [1.165, 1.54) is 4.57 Å². The average Bonchev–Trinajstić information content (AvgIpc) is 2.82. The van der Waals surface area contributed by atoms with E-state index < -0.39 is 9.05 Å². The first-order valence-electron chi connectivity index (χ1n) is 5.60. The fourth-order valence-corrected chi connectivity index (χ4v) is 3.27. The molecule has 0 amide bonds. The first-order chi connectivity index (χ1) is 9.38. The normalized spacial score (nSPS) is 11.6. The molecule has 0 aliphatic heterocycles. The Morgan fingerprint density at radius 3 is 2.60 bits per heavy atom. The smallest absolute Gasteiger partial charge is 0.296 e. The number of hydrogen-bond acceptors (Lipinski definition) is 5. The number of aromatic nitrogens is 3. The van der Waals surface area contributed by atoms with Gasteiger partial charge in [0.15, 0.2) is 5.82 Å². The summed E-state index contributed by atoms with van der Waals surface area (Å²) in [5, 5.41) is 7.30. The molecule has 0 spiro atoms. The third kappa shape index (κ3) is 2.82. The molecule has 0 atom stereocenters. The van der Waals surface area contributed by atoms with Crippen molar-refractivity contribution < 1.29 is 13.2 Å². The molecule has 108 valence electrons. The minimum absolute atomic E-state index is 0.261. The summed E-state index contributed by atoms with van der Waals surface area (Å²) in [5.74, 6) is 1.09. The molecule has 2 rings (SSSR count). The van der Waals surface area contributed by atoms with Crippen LogP contribution >= 0.6 is 26.6 Å². The molecular formula is C11H11BrClN3O3S. The first-order valence-corrected chi connectivity index (χ1v) is 8.70. The Hall–Kier alpha value is -1.12. The Kier molecular flexibility index (Phi) is 4.36. The predicted molar refractivity (Wildman–Crippen MR) is 78.4 cm³/mol. The third-order valence-electron chi connectivity index (χ3n) is 2.66. The number of methoxy groups -OCH3 is 1. The molecule has 9 heteroatoms. The second kappa shape index (κ2) is 5.71. The third-order valence-corrected chi connectivity index (χ3v) is 4.43. The van der Waals surface area contributed by atoms with Crippen LogP contribution in [-0.2, 0) is 15.6 Å². The minimum atomic E-state index is -3.93. The Balaban J connectivity index is 2.59. The van der Waals surface area contributed by atoms with Crippen LogP contribution in [0.3, 0.4) is 0 Å². The van der Waals surface area contributed by atoms with E-state index >= 15 is 0 Å². The number of rotatable bonds is 4. The van der Waals surface area contributed by atoms with Gasteiger partial charge in [-0.15, -0.1) is 10.2 Å². The molecule has 20 heavy (non-hydrogen) atoms. The molecule has 0 N–H and O–H groups in total. The second-order valence-corrected chi connectivity index (χ2v) is 7.15. The van der Waals surface area contributed by atoms with Crippen molar-refractivity contribution >= 4 is 35.7 Å². The van der Waals surface area contributed by atoms with Crippen molar-refractivity contribution in [3.05, 3.63) is 22.7 Å². The van der Waals surface area contributed by atoms with Crippen molar-refractivity contribution in [1.82, 2.24) is 14.8 Å². The van der Waals surface area contributed by atoms with E-state index in [-0.39, 0.29) is 5.16 Å². The van der Waals surface area contributed by atoms with E-state index in [1.54, 1.807) is 32.2 Å². The highest BCUT2D eigenvalue weighted by atomic mass is 79.9. The Morgan fingerprint density at radius 2 is 2.10 bits per heavy atom. The lowest BCUT2D eigenvalue weighted by Crippen LogP contribution is -2.06. The number of nitrogens with zero attached hydrogens (tertiary/aromatic N) is 3. The lowest BCUT2D eigenvalue weighted by molar-refractivity contribution is 0.412. The number of ether oxygens (including phenoxy) is 1. The summed E-state index contributed by atoms with van der Waals surface area (Å²) in [6.07, 6.45) is 0. The molecule has 0 fully saturated rings. The van der Waals surface area contributed by atoms with Gasteiger partial charge in [0, 0.05) is 22.8 Å². The van der Waals surface area contributed by atoms with Crippen LogP contribution in [0.1, 0.15) is 6.92 Å². The van der Waals surface area contributed by atoms with Crippen LogP contribution in [0.25, 0.3) is 11.4 Å². The standard InChI is InChI=1S/C11H11BrClN3O3S/c1-3-16-10(14-15-11(16)20(13,17)18)7-4-5-9(19-2)8(12)6-7/h4-6H,3H2,1-2H3. The van der Waals surface area contributed by atoms with E-state index in [9.17, 15) is 8.42 Å². The molecule has 0 saturated carbocycles. The largest absolute Gasteiger partial charge is 0.496 e.